The fourth-order valence-electron chi connectivity index (χ4n) is 2.81. The fourth-order valence-corrected chi connectivity index (χ4v) is 2.81. The van der Waals surface area contributed by atoms with Crippen LogP contribution in [0.25, 0.3) is 0 Å². The van der Waals surface area contributed by atoms with Gasteiger partial charge in [0.1, 0.15) is 0 Å². The molecule has 98 valence electrons. The Labute approximate surface area is 109 Å². The summed E-state index contributed by atoms with van der Waals surface area (Å²) in [5.74, 6) is 0.615. The van der Waals surface area contributed by atoms with Crippen molar-refractivity contribution in [2.45, 2.75) is 18.8 Å². The Morgan fingerprint density at radius 3 is 2.61 bits per heavy atom. The number of nitrogens with one attached hydrogen (secondary N) is 1. The molecular weight excluding hydrogens is 224 g/mol. The van der Waals surface area contributed by atoms with Gasteiger partial charge in [-0.15, -0.1) is 0 Å². The highest BCUT2D eigenvalue weighted by Crippen LogP contribution is 2.54. The molecule has 3 heteroatoms. The van der Waals surface area contributed by atoms with Crippen LogP contribution < -0.4 is 5.32 Å². The van der Waals surface area contributed by atoms with E-state index < -0.39 is 0 Å². The zero-order valence-corrected chi connectivity index (χ0v) is 11.4. The summed E-state index contributed by atoms with van der Waals surface area (Å²) in [6, 6.07) is 10.2. The van der Waals surface area contributed by atoms with Crippen LogP contribution in [0.4, 0.5) is 0 Å². The molecular formula is C15H22N2O. The first-order valence-corrected chi connectivity index (χ1v) is 6.59. The van der Waals surface area contributed by atoms with Crippen LogP contribution in [-0.4, -0.2) is 38.0 Å². The molecule has 0 saturated heterocycles. The molecule has 0 radical (unpaired) electrons. The van der Waals surface area contributed by atoms with Crippen molar-refractivity contribution in [3.05, 3.63) is 35.9 Å². The third-order valence-electron chi connectivity index (χ3n) is 3.72. The summed E-state index contributed by atoms with van der Waals surface area (Å²) in [4.78, 5) is 14.6. The van der Waals surface area contributed by atoms with Crippen molar-refractivity contribution in [1.82, 2.24) is 10.2 Å². The number of amides is 1. The minimum atomic E-state index is -0.290. The van der Waals surface area contributed by atoms with Crippen LogP contribution in [0.1, 0.15) is 18.9 Å². The van der Waals surface area contributed by atoms with E-state index in [2.05, 4.69) is 36.4 Å². The number of hydrogen-bond acceptors (Lipinski definition) is 2. The van der Waals surface area contributed by atoms with Gasteiger partial charge in [0.15, 0.2) is 0 Å². The summed E-state index contributed by atoms with van der Waals surface area (Å²) in [6.45, 7) is 3.63. The highest BCUT2D eigenvalue weighted by atomic mass is 16.2. The van der Waals surface area contributed by atoms with Gasteiger partial charge in [0.25, 0.3) is 0 Å². The molecule has 1 aliphatic rings. The van der Waals surface area contributed by atoms with E-state index in [4.69, 9.17) is 0 Å². The number of likely N-dealkylation sites (N-methyl/N-ethyl adjacent to an activating group) is 1. The summed E-state index contributed by atoms with van der Waals surface area (Å²) < 4.78 is 0. The van der Waals surface area contributed by atoms with Crippen molar-refractivity contribution in [2.75, 3.05) is 27.2 Å². The minimum Gasteiger partial charge on any atom is -0.356 e. The van der Waals surface area contributed by atoms with Gasteiger partial charge in [0.05, 0.1) is 5.41 Å². The molecule has 2 atom stereocenters. The molecule has 0 heterocycles. The van der Waals surface area contributed by atoms with E-state index >= 15 is 0 Å². The van der Waals surface area contributed by atoms with Crippen molar-refractivity contribution >= 4 is 5.91 Å². The second-order valence-electron chi connectivity index (χ2n) is 5.36. The first-order valence-electron chi connectivity index (χ1n) is 6.59. The zero-order chi connectivity index (χ0) is 13.2. The number of nitrogens with zero attached hydrogens (tertiary/aromatic N) is 1. The number of benzene rings is 1. The lowest BCUT2D eigenvalue weighted by molar-refractivity contribution is -0.123. The summed E-state index contributed by atoms with van der Waals surface area (Å²) >= 11 is 0. The van der Waals surface area contributed by atoms with Gasteiger partial charge in [-0.25, -0.2) is 0 Å². The maximum atomic E-state index is 12.4. The first-order chi connectivity index (χ1) is 8.61. The Morgan fingerprint density at radius 1 is 1.39 bits per heavy atom. The van der Waals surface area contributed by atoms with Gasteiger partial charge in [-0.1, -0.05) is 30.3 Å². The largest absolute Gasteiger partial charge is 0.356 e. The summed E-state index contributed by atoms with van der Waals surface area (Å²) in [5, 5.41) is 2.99. The van der Waals surface area contributed by atoms with E-state index in [0.717, 1.165) is 18.5 Å². The van der Waals surface area contributed by atoms with Gasteiger partial charge in [-0.3, -0.25) is 4.79 Å². The molecule has 1 saturated carbocycles. The molecule has 1 amide bonds. The van der Waals surface area contributed by atoms with E-state index in [1.165, 1.54) is 0 Å². The average molecular weight is 246 g/mol. The Hall–Kier alpha value is -1.35. The van der Waals surface area contributed by atoms with Crippen molar-refractivity contribution in [1.29, 1.82) is 0 Å². The minimum absolute atomic E-state index is 0.183. The van der Waals surface area contributed by atoms with E-state index in [9.17, 15) is 4.79 Å². The lowest BCUT2D eigenvalue weighted by atomic mass is 9.92. The number of rotatable bonds is 5. The Bertz CT molecular complexity index is 416. The Kier molecular flexibility index (Phi) is 3.71. The molecule has 2 unspecified atom stereocenters. The van der Waals surface area contributed by atoms with Crippen molar-refractivity contribution in [3.8, 4) is 0 Å². The van der Waals surface area contributed by atoms with Crippen LogP contribution in [0.5, 0.6) is 0 Å². The van der Waals surface area contributed by atoms with Crippen LogP contribution in [0, 0.1) is 5.92 Å². The molecule has 18 heavy (non-hydrogen) atoms. The monoisotopic (exact) mass is 246 g/mol. The molecule has 1 fully saturated rings. The average Bonchev–Trinajstić information content (AvgIpc) is 3.05. The van der Waals surface area contributed by atoms with Gasteiger partial charge in [0.2, 0.25) is 5.91 Å². The van der Waals surface area contributed by atoms with Gasteiger partial charge in [-0.05, 0) is 38.9 Å². The quantitative estimate of drug-likeness (QED) is 0.856. The topological polar surface area (TPSA) is 32.3 Å². The predicted molar refractivity (Wildman–Crippen MR) is 73.5 cm³/mol. The molecule has 0 aliphatic heterocycles. The van der Waals surface area contributed by atoms with Crippen molar-refractivity contribution < 1.29 is 4.79 Å². The molecule has 0 aromatic heterocycles. The van der Waals surface area contributed by atoms with E-state index in [0.29, 0.717) is 12.5 Å². The van der Waals surface area contributed by atoms with Crippen LogP contribution >= 0.6 is 0 Å². The molecule has 0 bridgehead atoms. The van der Waals surface area contributed by atoms with E-state index in [1.807, 2.05) is 25.1 Å². The molecule has 1 aliphatic carbocycles. The highest BCUT2D eigenvalue weighted by molar-refractivity contribution is 5.92. The summed E-state index contributed by atoms with van der Waals surface area (Å²) in [6.07, 6.45) is 0.959. The van der Waals surface area contributed by atoms with Gasteiger partial charge >= 0.3 is 0 Å². The van der Waals surface area contributed by atoms with Gasteiger partial charge in [-0.2, -0.15) is 0 Å². The van der Waals surface area contributed by atoms with Crippen molar-refractivity contribution in [3.63, 3.8) is 0 Å². The Balaban J connectivity index is 2.24. The maximum Gasteiger partial charge on any atom is 0.230 e. The van der Waals surface area contributed by atoms with E-state index in [1.54, 1.807) is 0 Å². The number of carbonyl (C=O) groups is 1. The Morgan fingerprint density at radius 2 is 2.06 bits per heavy atom. The maximum absolute atomic E-state index is 12.4. The van der Waals surface area contributed by atoms with Crippen LogP contribution in [0.2, 0.25) is 0 Å². The molecule has 1 aromatic carbocycles. The van der Waals surface area contributed by atoms with Crippen LogP contribution in [0.3, 0.4) is 0 Å². The zero-order valence-electron chi connectivity index (χ0n) is 11.4. The highest BCUT2D eigenvalue weighted by Gasteiger charge is 2.60. The molecule has 0 spiro atoms. The van der Waals surface area contributed by atoms with Gasteiger partial charge in [0, 0.05) is 13.1 Å². The lowest BCUT2D eigenvalue weighted by Crippen LogP contribution is -2.37. The molecule has 2 rings (SSSR count). The third-order valence-corrected chi connectivity index (χ3v) is 3.72. The molecule has 1 N–H and O–H groups in total. The second-order valence-corrected chi connectivity index (χ2v) is 5.36. The summed E-state index contributed by atoms with van der Waals surface area (Å²) in [5.41, 5.74) is 0.865. The second kappa shape index (κ2) is 5.11. The third kappa shape index (κ3) is 2.27. The van der Waals surface area contributed by atoms with Crippen LogP contribution in [-0.2, 0) is 10.2 Å². The van der Waals surface area contributed by atoms with Gasteiger partial charge < -0.3 is 10.2 Å². The standard InChI is InChI=1S/C15H22N2O/c1-4-16-14(18)15(10-13(15)11-17(2)3)12-8-6-5-7-9-12/h5-9,13H,4,10-11H2,1-3H3,(H,16,18). The fraction of sp³-hybridized carbons (Fsp3) is 0.533. The lowest BCUT2D eigenvalue weighted by Gasteiger charge is -2.19. The normalized spacial score (nSPS) is 26.1. The number of carbonyl (C=O) groups excluding carboxylic acids is 1. The molecule has 3 nitrogen and oxygen atoms in total. The van der Waals surface area contributed by atoms with Crippen molar-refractivity contribution in [2.24, 2.45) is 5.92 Å². The smallest absolute Gasteiger partial charge is 0.230 e. The predicted octanol–water partition coefficient (Wildman–Crippen LogP) is 1.64. The van der Waals surface area contributed by atoms with Crippen LogP contribution in [0.15, 0.2) is 30.3 Å². The summed E-state index contributed by atoms with van der Waals surface area (Å²) in [7, 11) is 4.12. The number of hydrogen-bond donors (Lipinski definition) is 1. The van der Waals surface area contributed by atoms with E-state index in [-0.39, 0.29) is 11.3 Å². The molecule has 1 aromatic rings. The first kappa shape index (κ1) is 13.1. The SMILES string of the molecule is CCNC(=O)C1(c2ccccc2)CC1CN(C)C.